The van der Waals surface area contributed by atoms with Gasteiger partial charge in [-0.2, -0.15) is 20.5 Å². The van der Waals surface area contributed by atoms with E-state index >= 15 is 0 Å². The van der Waals surface area contributed by atoms with Crippen molar-refractivity contribution in [3.63, 3.8) is 0 Å². The van der Waals surface area contributed by atoms with Crippen LogP contribution in [0.15, 0.2) is 136 Å². The van der Waals surface area contributed by atoms with E-state index < -0.39 is 73.6 Å². The van der Waals surface area contributed by atoms with Crippen LogP contribution in [0, 0.1) is 0 Å². The Labute approximate surface area is 390 Å². The Hall–Kier alpha value is -3.43. The molecule has 19 nitrogen and oxygen atoms in total. The van der Waals surface area contributed by atoms with Crippen LogP contribution in [0.4, 0.5) is 45.5 Å². The van der Waals surface area contributed by atoms with Crippen LogP contribution < -0.4 is 100 Å². The van der Waals surface area contributed by atoms with Crippen LogP contribution in [0.25, 0.3) is 21.5 Å². The molecule has 0 saturated heterocycles. The van der Waals surface area contributed by atoms with Gasteiger partial charge in [0.05, 0.1) is 37.4 Å². The molecular formula is C32H21N8Na3O11S3. The monoisotopic (exact) mass is 858 g/mol. The second-order valence-corrected chi connectivity index (χ2v) is 15.3. The van der Waals surface area contributed by atoms with Crippen molar-refractivity contribution in [3.8, 4) is 11.5 Å². The standard InChI is InChI=1S/C32H24N8O11S3.3Na/c33-18-2-1-16-12-26(53(46,47)48)29(31(41)24(16)14-18)39-37-21-7-3-19(4-8-21)35-36-20-5-9-22(10-6-20)38-40-30-27(54(49,50)51)13-17-11-23(52(43,44)45)15-25(34)28(17)32(30)42;;;/h1-15,41-42H,33-34H2,(H,43,44,45)(H,46,47,48)(H,49,50,51);;;/q;3*+1/p-3. The molecule has 57 heavy (non-hydrogen) atoms. The van der Waals surface area contributed by atoms with Gasteiger partial charge in [0.15, 0.2) is 11.5 Å². The van der Waals surface area contributed by atoms with Gasteiger partial charge in [-0.25, -0.2) is 25.3 Å². The SMILES string of the molecule is Nc1ccc2cc(S(=O)(=O)[O-])c(N=Nc3ccc(N=Nc4ccc(N=Nc5c(S(=O)(=O)[O-])cc6cc(S(=O)(=O)[O-])cc(N)c6c5O)cc4)cc3)c(O)c2c1.[Na+].[Na+].[Na+]. The average molecular weight is 859 g/mol. The number of azo groups is 3. The minimum Gasteiger partial charge on any atom is -0.744 e. The summed E-state index contributed by atoms with van der Waals surface area (Å²) in [7, 11) is -15.4. The van der Waals surface area contributed by atoms with Gasteiger partial charge in [-0.15, -0.1) is 10.2 Å². The molecule has 0 bridgehead atoms. The zero-order valence-electron chi connectivity index (χ0n) is 29.8. The van der Waals surface area contributed by atoms with Gasteiger partial charge in [-0.1, -0.05) is 6.07 Å². The van der Waals surface area contributed by atoms with E-state index in [4.69, 9.17) is 11.5 Å². The summed E-state index contributed by atoms with van der Waals surface area (Å²) in [5.74, 6) is -1.49. The Morgan fingerprint density at radius 1 is 0.474 bits per heavy atom. The first kappa shape index (κ1) is 47.9. The molecular weight excluding hydrogens is 838 g/mol. The molecule has 6 aromatic rings. The molecule has 0 amide bonds. The smallest absolute Gasteiger partial charge is 0.744 e. The van der Waals surface area contributed by atoms with Gasteiger partial charge in [-0.05, 0) is 95.7 Å². The first-order valence-electron chi connectivity index (χ1n) is 14.8. The Kier molecular flexibility index (Phi) is 15.7. The molecule has 0 atom stereocenters. The van der Waals surface area contributed by atoms with Crippen molar-refractivity contribution < 1.29 is 138 Å². The molecule has 0 aliphatic carbocycles. The molecule has 0 fully saturated rings. The summed E-state index contributed by atoms with van der Waals surface area (Å²) in [6.45, 7) is 0. The second kappa shape index (κ2) is 18.7. The van der Waals surface area contributed by atoms with E-state index in [0.717, 1.165) is 24.3 Å². The van der Waals surface area contributed by atoms with Gasteiger partial charge in [-0.3, -0.25) is 0 Å². The predicted octanol–water partition coefficient (Wildman–Crippen LogP) is -2.46. The van der Waals surface area contributed by atoms with Crippen molar-refractivity contribution in [1.82, 2.24) is 0 Å². The molecule has 0 saturated carbocycles. The Morgan fingerprint density at radius 2 is 0.877 bits per heavy atom. The topological polar surface area (TPSA) is 338 Å². The van der Waals surface area contributed by atoms with Gasteiger partial charge in [0.2, 0.25) is 0 Å². The first-order chi connectivity index (χ1) is 25.3. The molecule has 0 spiro atoms. The van der Waals surface area contributed by atoms with Gasteiger partial charge >= 0.3 is 88.7 Å². The molecule has 25 heteroatoms. The molecule has 0 aliphatic heterocycles. The van der Waals surface area contributed by atoms with Crippen molar-refractivity contribution in [1.29, 1.82) is 0 Å². The fourth-order valence-corrected chi connectivity index (χ4v) is 6.91. The predicted molar refractivity (Wildman–Crippen MR) is 189 cm³/mol. The van der Waals surface area contributed by atoms with E-state index in [-0.39, 0.29) is 127 Å². The maximum atomic E-state index is 12.0. The van der Waals surface area contributed by atoms with Gasteiger partial charge in [0.1, 0.15) is 41.7 Å². The molecule has 0 radical (unpaired) electrons. The van der Waals surface area contributed by atoms with Crippen LogP contribution in [-0.4, -0.2) is 49.1 Å². The number of nitrogen functional groups attached to an aromatic ring is 2. The third-order valence-corrected chi connectivity index (χ3v) is 10.1. The Balaban J connectivity index is 0.00000290. The van der Waals surface area contributed by atoms with Crippen LogP contribution in [0.1, 0.15) is 0 Å². The fraction of sp³-hybridized carbons (Fsp3) is 0. The van der Waals surface area contributed by atoms with Gasteiger partial charge in [0.25, 0.3) is 0 Å². The molecule has 6 N–H and O–H groups in total. The van der Waals surface area contributed by atoms with Crippen molar-refractivity contribution in [2.45, 2.75) is 14.7 Å². The number of nitrogens with two attached hydrogens (primary N) is 2. The molecule has 6 rings (SSSR count). The number of anilines is 2. The van der Waals surface area contributed by atoms with Crippen molar-refractivity contribution in [3.05, 3.63) is 91.0 Å². The van der Waals surface area contributed by atoms with E-state index in [2.05, 4.69) is 30.7 Å². The summed E-state index contributed by atoms with van der Waals surface area (Å²) < 4.78 is 106. The summed E-state index contributed by atoms with van der Waals surface area (Å²) in [5, 5.41) is 44.9. The zero-order valence-corrected chi connectivity index (χ0v) is 38.2. The normalized spacial score (nSPS) is 12.2. The average Bonchev–Trinajstić information content (AvgIpc) is 3.09. The number of benzene rings is 6. The molecule has 0 heterocycles. The summed E-state index contributed by atoms with van der Waals surface area (Å²) in [6.07, 6.45) is 0. The number of rotatable bonds is 9. The third-order valence-electron chi connectivity index (χ3n) is 7.57. The molecule has 276 valence electrons. The van der Waals surface area contributed by atoms with E-state index in [0.29, 0.717) is 11.4 Å². The van der Waals surface area contributed by atoms with Crippen LogP contribution in [-0.2, 0) is 30.4 Å². The first-order valence-corrected chi connectivity index (χ1v) is 19.0. The van der Waals surface area contributed by atoms with E-state index in [1.165, 1.54) is 66.7 Å². The van der Waals surface area contributed by atoms with Gasteiger partial charge < -0.3 is 35.3 Å². The van der Waals surface area contributed by atoms with Crippen LogP contribution in [0.5, 0.6) is 11.5 Å². The maximum Gasteiger partial charge on any atom is 1.00 e. The number of aromatic hydroxyl groups is 2. The van der Waals surface area contributed by atoms with E-state index in [1.54, 1.807) is 0 Å². The summed E-state index contributed by atoms with van der Waals surface area (Å²) in [5.41, 5.74) is 11.2. The maximum absolute atomic E-state index is 12.0. The van der Waals surface area contributed by atoms with Gasteiger partial charge in [0, 0.05) is 22.1 Å². The largest absolute Gasteiger partial charge is 1.00 e. The molecule has 6 aromatic carbocycles. The fourth-order valence-electron chi connectivity index (χ4n) is 5.07. The number of nitrogens with zero attached hydrogens (tertiary/aromatic N) is 6. The summed E-state index contributed by atoms with van der Waals surface area (Å²) >= 11 is 0. The van der Waals surface area contributed by atoms with Crippen molar-refractivity contribution >= 4 is 97.4 Å². The van der Waals surface area contributed by atoms with Crippen LogP contribution >= 0.6 is 0 Å². The number of phenolic OH excluding ortho intramolecular Hbond substituents is 2. The minimum absolute atomic E-state index is 0. The summed E-state index contributed by atoms with van der Waals surface area (Å²) in [6, 6.07) is 19.3. The quantitative estimate of drug-likeness (QED) is 0.0508. The molecule has 0 aromatic heterocycles. The van der Waals surface area contributed by atoms with E-state index in [9.17, 15) is 49.1 Å². The molecule has 0 unspecified atom stereocenters. The number of phenols is 2. The number of hydrogen-bond acceptors (Lipinski definition) is 19. The summed E-state index contributed by atoms with van der Waals surface area (Å²) in [4.78, 5) is -2.63. The van der Waals surface area contributed by atoms with Crippen LogP contribution in [0.3, 0.4) is 0 Å². The van der Waals surface area contributed by atoms with E-state index in [1.807, 2.05) is 0 Å². The number of fused-ring (bicyclic) bond motifs is 2. The second-order valence-electron chi connectivity index (χ2n) is 11.2. The third kappa shape index (κ3) is 11.0. The zero-order chi connectivity index (χ0) is 39.2. The molecule has 0 aliphatic rings. The van der Waals surface area contributed by atoms with Crippen molar-refractivity contribution in [2.24, 2.45) is 30.7 Å². The number of hydrogen-bond donors (Lipinski definition) is 4. The minimum atomic E-state index is -5.31. The Bertz CT molecular complexity index is 2960. The van der Waals surface area contributed by atoms with Crippen molar-refractivity contribution in [2.75, 3.05) is 11.5 Å². The van der Waals surface area contributed by atoms with Crippen LogP contribution in [0.2, 0.25) is 0 Å². The Morgan fingerprint density at radius 3 is 1.30 bits per heavy atom.